The number of aromatic nitrogens is 2. The van der Waals surface area contributed by atoms with Gasteiger partial charge in [0.05, 0.1) is 17.5 Å². The van der Waals surface area contributed by atoms with E-state index in [-0.39, 0.29) is 30.2 Å². The van der Waals surface area contributed by atoms with Crippen LogP contribution in [0.5, 0.6) is 0 Å². The van der Waals surface area contributed by atoms with Gasteiger partial charge in [-0.2, -0.15) is 5.10 Å². The molecule has 1 aromatic carbocycles. The van der Waals surface area contributed by atoms with Gasteiger partial charge in [-0.3, -0.25) is 4.79 Å². The lowest BCUT2D eigenvalue weighted by Crippen LogP contribution is -2.42. The molecule has 0 unspecified atom stereocenters. The van der Waals surface area contributed by atoms with Crippen molar-refractivity contribution in [3.8, 4) is 5.69 Å². The molecule has 1 aliphatic rings. The maximum atomic E-state index is 13.9. The molecule has 1 aliphatic heterocycles. The van der Waals surface area contributed by atoms with Crippen molar-refractivity contribution >= 4 is 18.3 Å². The van der Waals surface area contributed by atoms with Crippen molar-refractivity contribution in [2.24, 2.45) is 0 Å². The van der Waals surface area contributed by atoms with Gasteiger partial charge >= 0.3 is 0 Å². The molecule has 23 heavy (non-hydrogen) atoms. The largest absolute Gasteiger partial charge is 0.349 e. The molecule has 7 heteroatoms. The number of carbonyl (C=O) groups excluding carboxylic acids is 1. The SMILES string of the molecule is Cc1c(C(=O)NC2CCNCC2)cnn1-c1ccccc1F.Cl. The zero-order valence-corrected chi connectivity index (χ0v) is 13.7. The van der Waals surface area contributed by atoms with Crippen LogP contribution in [0.1, 0.15) is 28.9 Å². The Bertz CT molecular complexity index is 682. The Morgan fingerprint density at radius 3 is 2.74 bits per heavy atom. The lowest BCUT2D eigenvalue weighted by Gasteiger charge is -2.23. The standard InChI is InChI=1S/C16H19FN4O.ClH/c1-11-13(16(22)20-12-6-8-18-9-7-12)10-19-21(11)15-5-3-2-4-14(15)17;/h2-5,10,12,18H,6-9H2,1H3,(H,20,22);1H. The summed E-state index contributed by atoms with van der Waals surface area (Å²) in [5, 5.41) is 10.5. The number of halogens is 2. The van der Waals surface area contributed by atoms with Crippen LogP contribution in [0.15, 0.2) is 30.5 Å². The van der Waals surface area contributed by atoms with Gasteiger partial charge in [0.25, 0.3) is 5.91 Å². The van der Waals surface area contributed by atoms with Gasteiger partial charge in [-0.25, -0.2) is 9.07 Å². The highest BCUT2D eigenvalue weighted by Gasteiger charge is 2.20. The summed E-state index contributed by atoms with van der Waals surface area (Å²) >= 11 is 0. The Labute approximate surface area is 140 Å². The van der Waals surface area contributed by atoms with E-state index in [9.17, 15) is 9.18 Å². The van der Waals surface area contributed by atoms with E-state index in [1.54, 1.807) is 25.1 Å². The van der Waals surface area contributed by atoms with E-state index in [2.05, 4.69) is 15.7 Å². The summed E-state index contributed by atoms with van der Waals surface area (Å²) in [6.07, 6.45) is 3.34. The van der Waals surface area contributed by atoms with Crippen LogP contribution in [0.3, 0.4) is 0 Å². The van der Waals surface area contributed by atoms with Crippen molar-refractivity contribution in [1.82, 2.24) is 20.4 Å². The molecule has 1 saturated heterocycles. The van der Waals surface area contributed by atoms with Gasteiger partial charge in [0.1, 0.15) is 11.5 Å². The smallest absolute Gasteiger partial charge is 0.254 e. The summed E-state index contributed by atoms with van der Waals surface area (Å²) in [6, 6.07) is 6.58. The topological polar surface area (TPSA) is 59.0 Å². The molecule has 2 N–H and O–H groups in total. The maximum absolute atomic E-state index is 13.9. The van der Waals surface area contributed by atoms with Crippen LogP contribution in [-0.2, 0) is 0 Å². The summed E-state index contributed by atoms with van der Waals surface area (Å²) < 4.78 is 15.3. The van der Waals surface area contributed by atoms with Gasteiger partial charge in [0.2, 0.25) is 0 Å². The second-order valence-corrected chi connectivity index (χ2v) is 5.50. The number of benzene rings is 1. The van der Waals surface area contributed by atoms with Gasteiger partial charge in [-0.1, -0.05) is 12.1 Å². The molecule has 1 fully saturated rings. The van der Waals surface area contributed by atoms with E-state index < -0.39 is 0 Å². The number of para-hydroxylation sites is 1. The molecule has 1 aromatic heterocycles. The molecular weight excluding hydrogens is 319 g/mol. The van der Waals surface area contributed by atoms with Crippen LogP contribution >= 0.6 is 12.4 Å². The first-order valence-corrected chi connectivity index (χ1v) is 7.48. The van der Waals surface area contributed by atoms with Gasteiger partial charge in [-0.05, 0) is 45.0 Å². The monoisotopic (exact) mass is 338 g/mol. The summed E-state index contributed by atoms with van der Waals surface area (Å²) in [7, 11) is 0. The van der Waals surface area contributed by atoms with Crippen LogP contribution < -0.4 is 10.6 Å². The average Bonchev–Trinajstić information content (AvgIpc) is 2.90. The lowest BCUT2D eigenvalue weighted by molar-refractivity contribution is 0.0929. The van der Waals surface area contributed by atoms with E-state index in [0.29, 0.717) is 16.9 Å². The van der Waals surface area contributed by atoms with E-state index in [1.807, 2.05) is 0 Å². The minimum atomic E-state index is -0.362. The first-order valence-electron chi connectivity index (χ1n) is 7.48. The Morgan fingerprint density at radius 2 is 2.04 bits per heavy atom. The Morgan fingerprint density at radius 1 is 1.35 bits per heavy atom. The highest BCUT2D eigenvalue weighted by atomic mass is 35.5. The summed E-state index contributed by atoms with van der Waals surface area (Å²) in [5.74, 6) is -0.508. The summed E-state index contributed by atoms with van der Waals surface area (Å²) in [6.45, 7) is 3.60. The molecule has 124 valence electrons. The van der Waals surface area contributed by atoms with Gasteiger partial charge in [-0.15, -0.1) is 12.4 Å². The molecule has 2 heterocycles. The highest BCUT2D eigenvalue weighted by Crippen LogP contribution is 2.17. The fourth-order valence-corrected chi connectivity index (χ4v) is 2.73. The molecule has 0 atom stereocenters. The molecular formula is C16H20ClFN4O. The molecule has 5 nitrogen and oxygen atoms in total. The van der Waals surface area contributed by atoms with Crippen molar-refractivity contribution in [3.63, 3.8) is 0 Å². The second-order valence-electron chi connectivity index (χ2n) is 5.50. The number of amides is 1. The molecule has 0 radical (unpaired) electrons. The minimum absolute atomic E-state index is 0. The normalized spacial score (nSPS) is 15.0. The third-order valence-electron chi connectivity index (χ3n) is 4.01. The Kier molecular flexibility index (Phi) is 5.74. The zero-order valence-electron chi connectivity index (χ0n) is 12.9. The number of carbonyl (C=O) groups is 1. The number of hydrogen-bond acceptors (Lipinski definition) is 3. The first-order chi connectivity index (χ1) is 10.7. The Hall–Kier alpha value is -1.92. The van der Waals surface area contributed by atoms with Crippen LogP contribution in [0.2, 0.25) is 0 Å². The predicted octanol–water partition coefficient (Wildman–Crippen LogP) is 2.22. The molecule has 0 spiro atoms. The maximum Gasteiger partial charge on any atom is 0.254 e. The van der Waals surface area contributed by atoms with E-state index in [4.69, 9.17) is 0 Å². The van der Waals surface area contributed by atoms with Gasteiger partial charge in [0.15, 0.2) is 0 Å². The minimum Gasteiger partial charge on any atom is -0.349 e. The van der Waals surface area contributed by atoms with Crippen molar-refractivity contribution in [3.05, 3.63) is 47.5 Å². The van der Waals surface area contributed by atoms with E-state index in [1.165, 1.54) is 16.9 Å². The number of nitrogens with one attached hydrogen (secondary N) is 2. The third kappa shape index (κ3) is 3.71. The van der Waals surface area contributed by atoms with Crippen LogP contribution in [0, 0.1) is 12.7 Å². The third-order valence-corrected chi connectivity index (χ3v) is 4.01. The fraction of sp³-hybridized carbons (Fsp3) is 0.375. The van der Waals surface area contributed by atoms with Crippen molar-refractivity contribution < 1.29 is 9.18 Å². The van der Waals surface area contributed by atoms with Gasteiger partial charge in [0, 0.05) is 6.04 Å². The van der Waals surface area contributed by atoms with Crippen molar-refractivity contribution in [2.45, 2.75) is 25.8 Å². The number of nitrogens with zero attached hydrogens (tertiary/aromatic N) is 2. The molecule has 0 bridgehead atoms. The molecule has 1 amide bonds. The van der Waals surface area contributed by atoms with Crippen LogP contribution in [0.4, 0.5) is 4.39 Å². The van der Waals surface area contributed by atoms with E-state index >= 15 is 0 Å². The summed E-state index contributed by atoms with van der Waals surface area (Å²) in [5.41, 5.74) is 1.47. The number of rotatable bonds is 3. The second kappa shape index (κ2) is 7.57. The predicted molar refractivity (Wildman–Crippen MR) is 88.9 cm³/mol. The zero-order chi connectivity index (χ0) is 15.5. The summed E-state index contributed by atoms with van der Waals surface area (Å²) in [4.78, 5) is 12.4. The number of hydrogen-bond donors (Lipinski definition) is 2. The van der Waals surface area contributed by atoms with E-state index in [0.717, 1.165) is 25.9 Å². The van der Waals surface area contributed by atoms with Crippen molar-refractivity contribution in [2.75, 3.05) is 13.1 Å². The number of piperidine rings is 1. The quantitative estimate of drug-likeness (QED) is 0.902. The molecule has 3 rings (SSSR count). The van der Waals surface area contributed by atoms with Gasteiger partial charge < -0.3 is 10.6 Å². The molecule has 0 saturated carbocycles. The van der Waals surface area contributed by atoms with Crippen molar-refractivity contribution in [1.29, 1.82) is 0 Å². The Balaban J connectivity index is 0.00000192. The molecule has 2 aromatic rings. The fourth-order valence-electron chi connectivity index (χ4n) is 2.73. The lowest BCUT2D eigenvalue weighted by atomic mass is 10.1. The first kappa shape index (κ1) is 17.4. The average molecular weight is 339 g/mol. The van der Waals surface area contributed by atoms with Crippen LogP contribution in [-0.4, -0.2) is 34.8 Å². The highest BCUT2D eigenvalue weighted by molar-refractivity contribution is 5.95. The molecule has 0 aliphatic carbocycles. The van der Waals surface area contributed by atoms with Crippen LogP contribution in [0.25, 0.3) is 5.69 Å².